The van der Waals surface area contributed by atoms with Crippen LogP contribution in [0.3, 0.4) is 0 Å². The number of hydrogen-bond acceptors (Lipinski definition) is 5. The van der Waals surface area contributed by atoms with Crippen molar-refractivity contribution in [3.8, 4) is 0 Å². The van der Waals surface area contributed by atoms with E-state index in [4.69, 9.17) is 16.0 Å². The third-order valence-corrected chi connectivity index (χ3v) is 5.35. The molecule has 1 fully saturated rings. The van der Waals surface area contributed by atoms with Crippen molar-refractivity contribution in [3.63, 3.8) is 0 Å². The van der Waals surface area contributed by atoms with Gasteiger partial charge in [-0.15, -0.1) is 0 Å². The van der Waals surface area contributed by atoms with Crippen LogP contribution in [0, 0.1) is 5.92 Å². The predicted molar refractivity (Wildman–Crippen MR) is 113 cm³/mol. The van der Waals surface area contributed by atoms with Crippen molar-refractivity contribution < 1.29 is 9.21 Å². The Morgan fingerprint density at radius 3 is 2.68 bits per heavy atom. The average molecular weight is 399 g/mol. The highest BCUT2D eigenvalue weighted by atomic mass is 35.5. The summed E-state index contributed by atoms with van der Waals surface area (Å²) in [6.45, 7) is 1.47. The first-order valence-corrected chi connectivity index (χ1v) is 9.77. The Labute approximate surface area is 169 Å². The van der Waals surface area contributed by atoms with Crippen molar-refractivity contribution in [2.45, 2.75) is 12.8 Å². The van der Waals surface area contributed by atoms with Gasteiger partial charge in [-0.3, -0.25) is 4.79 Å². The second-order valence-electron chi connectivity index (χ2n) is 7.27. The molecule has 2 heterocycles. The van der Waals surface area contributed by atoms with E-state index < -0.39 is 0 Å². The molecule has 0 radical (unpaired) electrons. The third-order valence-electron chi connectivity index (χ3n) is 5.12. The maximum atomic E-state index is 12.8. The molecule has 1 aliphatic rings. The molecule has 1 aliphatic heterocycles. The zero-order valence-electron chi connectivity index (χ0n) is 16.0. The number of nitrogens with zero attached hydrogens (tertiary/aromatic N) is 3. The lowest BCUT2D eigenvalue weighted by Gasteiger charge is -2.30. The van der Waals surface area contributed by atoms with Crippen molar-refractivity contribution in [1.82, 2.24) is 4.98 Å². The summed E-state index contributed by atoms with van der Waals surface area (Å²) in [4.78, 5) is 21.4. The number of amides is 1. The van der Waals surface area contributed by atoms with Gasteiger partial charge in [0.25, 0.3) is 6.01 Å². The molecule has 7 heteroatoms. The van der Waals surface area contributed by atoms with Crippen LogP contribution in [0.4, 0.5) is 17.4 Å². The first kappa shape index (κ1) is 18.6. The number of fused-ring (bicyclic) bond motifs is 1. The molecular weight excluding hydrogens is 376 g/mol. The molecule has 146 valence electrons. The van der Waals surface area contributed by atoms with Crippen LogP contribution in [0.25, 0.3) is 11.1 Å². The lowest BCUT2D eigenvalue weighted by atomic mass is 9.96. The topological polar surface area (TPSA) is 61.6 Å². The molecule has 1 aromatic heterocycles. The molecule has 3 aromatic rings. The second kappa shape index (κ2) is 7.72. The number of para-hydroxylation sites is 2. The molecule has 1 N–H and O–H groups in total. The van der Waals surface area contributed by atoms with Crippen LogP contribution >= 0.6 is 11.6 Å². The van der Waals surface area contributed by atoms with Gasteiger partial charge in [0, 0.05) is 38.1 Å². The Balaban J connectivity index is 1.41. The largest absolute Gasteiger partial charge is 0.423 e. The van der Waals surface area contributed by atoms with E-state index >= 15 is 0 Å². The summed E-state index contributed by atoms with van der Waals surface area (Å²) in [6.07, 6.45) is 1.50. The number of carbonyl (C=O) groups excluding carboxylic acids is 1. The van der Waals surface area contributed by atoms with Crippen molar-refractivity contribution >= 4 is 46.0 Å². The molecule has 0 saturated carbocycles. The molecule has 1 saturated heterocycles. The van der Waals surface area contributed by atoms with E-state index in [9.17, 15) is 4.79 Å². The van der Waals surface area contributed by atoms with Crippen molar-refractivity contribution in [2.24, 2.45) is 5.92 Å². The van der Waals surface area contributed by atoms with E-state index in [-0.39, 0.29) is 11.8 Å². The van der Waals surface area contributed by atoms with E-state index in [1.54, 1.807) is 6.07 Å². The number of benzene rings is 2. The van der Waals surface area contributed by atoms with Gasteiger partial charge in [-0.25, -0.2) is 0 Å². The van der Waals surface area contributed by atoms with E-state index in [1.165, 1.54) is 0 Å². The number of halogens is 1. The van der Waals surface area contributed by atoms with Gasteiger partial charge < -0.3 is 19.5 Å². The molecule has 1 amide bonds. The highest BCUT2D eigenvalue weighted by Crippen LogP contribution is 2.30. The van der Waals surface area contributed by atoms with E-state index in [0.29, 0.717) is 11.0 Å². The Morgan fingerprint density at radius 2 is 1.96 bits per heavy atom. The normalized spacial score (nSPS) is 15.0. The Morgan fingerprint density at radius 1 is 1.21 bits per heavy atom. The molecule has 0 bridgehead atoms. The molecule has 2 aromatic carbocycles. The second-order valence-corrected chi connectivity index (χ2v) is 7.71. The smallest absolute Gasteiger partial charge is 0.298 e. The summed E-state index contributed by atoms with van der Waals surface area (Å²) < 4.78 is 5.85. The maximum absolute atomic E-state index is 12.8. The molecule has 0 aliphatic carbocycles. The highest BCUT2D eigenvalue weighted by Gasteiger charge is 2.27. The van der Waals surface area contributed by atoms with Gasteiger partial charge in [-0.2, -0.15) is 4.98 Å². The van der Waals surface area contributed by atoms with Crippen LogP contribution in [-0.2, 0) is 4.79 Å². The number of oxazole rings is 1. The van der Waals surface area contributed by atoms with Crippen LogP contribution in [0.5, 0.6) is 0 Å². The van der Waals surface area contributed by atoms with E-state index in [1.807, 2.05) is 55.4 Å². The van der Waals surface area contributed by atoms with Crippen molar-refractivity contribution in [2.75, 3.05) is 42.3 Å². The molecule has 28 heavy (non-hydrogen) atoms. The van der Waals surface area contributed by atoms with Crippen LogP contribution in [0.1, 0.15) is 12.8 Å². The summed E-state index contributed by atoms with van der Waals surface area (Å²) in [5.74, 6) is -0.0165. The fourth-order valence-electron chi connectivity index (χ4n) is 3.56. The van der Waals surface area contributed by atoms with Crippen molar-refractivity contribution in [1.29, 1.82) is 0 Å². The third kappa shape index (κ3) is 3.78. The SMILES string of the molecule is CN(C)c1ccc(Cl)cc1NC(=O)C1CCN(c2nc3ccccc3o2)CC1. The predicted octanol–water partition coefficient (Wildman–Crippen LogP) is 4.40. The minimum atomic E-state index is -0.0466. The maximum Gasteiger partial charge on any atom is 0.298 e. The fraction of sp³-hybridized carbons (Fsp3) is 0.333. The number of anilines is 3. The minimum Gasteiger partial charge on any atom is -0.423 e. The zero-order chi connectivity index (χ0) is 19.7. The quantitative estimate of drug-likeness (QED) is 0.705. The molecule has 0 unspecified atom stereocenters. The number of carbonyl (C=O) groups is 1. The highest BCUT2D eigenvalue weighted by molar-refractivity contribution is 6.31. The number of rotatable bonds is 4. The number of nitrogens with one attached hydrogen (secondary N) is 1. The Bertz CT molecular complexity index is 960. The summed E-state index contributed by atoms with van der Waals surface area (Å²) >= 11 is 6.12. The fourth-order valence-corrected chi connectivity index (χ4v) is 3.73. The number of piperidine rings is 1. The van der Waals surface area contributed by atoms with E-state index in [2.05, 4.69) is 15.2 Å². The van der Waals surface area contributed by atoms with Gasteiger partial charge in [0.2, 0.25) is 5.91 Å². The van der Waals surface area contributed by atoms with Gasteiger partial charge in [-0.05, 0) is 43.2 Å². The zero-order valence-corrected chi connectivity index (χ0v) is 16.7. The van der Waals surface area contributed by atoms with Gasteiger partial charge in [0.05, 0.1) is 11.4 Å². The van der Waals surface area contributed by atoms with Crippen LogP contribution < -0.4 is 15.1 Å². The van der Waals surface area contributed by atoms with Gasteiger partial charge >= 0.3 is 0 Å². The summed E-state index contributed by atoms with van der Waals surface area (Å²) in [6, 6.07) is 13.9. The first-order chi connectivity index (χ1) is 13.5. The van der Waals surface area contributed by atoms with Crippen LogP contribution in [0.15, 0.2) is 46.9 Å². The molecule has 0 atom stereocenters. The average Bonchev–Trinajstić information content (AvgIpc) is 3.12. The molecule has 0 spiro atoms. The Kier molecular flexibility index (Phi) is 5.13. The Hall–Kier alpha value is -2.73. The summed E-state index contributed by atoms with van der Waals surface area (Å²) in [7, 11) is 3.88. The standard InChI is InChI=1S/C21H23ClN4O2/c1-25(2)18-8-7-15(22)13-17(18)23-20(27)14-9-11-26(12-10-14)21-24-16-5-3-4-6-19(16)28-21/h3-8,13-14H,9-12H2,1-2H3,(H,23,27). The van der Waals surface area contributed by atoms with Gasteiger partial charge in [-0.1, -0.05) is 23.7 Å². The lowest BCUT2D eigenvalue weighted by Crippen LogP contribution is -2.38. The monoisotopic (exact) mass is 398 g/mol. The van der Waals surface area contributed by atoms with Crippen LogP contribution in [-0.4, -0.2) is 38.1 Å². The molecule has 6 nitrogen and oxygen atoms in total. The molecule has 4 rings (SSSR count). The minimum absolute atomic E-state index is 0.0302. The van der Waals surface area contributed by atoms with Gasteiger partial charge in [0.1, 0.15) is 5.52 Å². The van der Waals surface area contributed by atoms with Crippen molar-refractivity contribution in [3.05, 3.63) is 47.5 Å². The first-order valence-electron chi connectivity index (χ1n) is 9.39. The molecular formula is C21H23ClN4O2. The van der Waals surface area contributed by atoms with Crippen LogP contribution in [0.2, 0.25) is 5.02 Å². The lowest BCUT2D eigenvalue weighted by molar-refractivity contribution is -0.120. The number of aromatic nitrogens is 1. The summed E-state index contributed by atoms with van der Waals surface area (Å²) in [5.41, 5.74) is 3.31. The number of hydrogen-bond donors (Lipinski definition) is 1. The summed E-state index contributed by atoms with van der Waals surface area (Å²) in [5, 5.41) is 3.66. The van der Waals surface area contributed by atoms with Gasteiger partial charge in [0.15, 0.2) is 5.58 Å². The van der Waals surface area contributed by atoms with E-state index in [0.717, 1.165) is 48.4 Å².